The average molecular weight is 430 g/mol. The summed E-state index contributed by atoms with van der Waals surface area (Å²) in [5.41, 5.74) is 7.17. The molecule has 2 rings (SSSR count). The minimum atomic E-state index is -1.08. The highest BCUT2D eigenvalue weighted by molar-refractivity contribution is 5.97. The molecule has 31 heavy (non-hydrogen) atoms. The third kappa shape index (κ3) is 5.94. The smallest absolute Gasteiger partial charge is 0.320 e. The summed E-state index contributed by atoms with van der Waals surface area (Å²) in [4.78, 5) is 39.5. The summed E-state index contributed by atoms with van der Waals surface area (Å²) in [6, 6.07) is 6.42. The van der Waals surface area contributed by atoms with Crippen molar-refractivity contribution in [3.63, 3.8) is 0 Å². The second kappa shape index (κ2) is 10.6. The molecule has 0 unspecified atom stereocenters. The number of aromatic nitrogens is 1. The van der Waals surface area contributed by atoms with Crippen LogP contribution in [0.2, 0.25) is 0 Å². The van der Waals surface area contributed by atoms with Crippen LogP contribution in [0.3, 0.4) is 0 Å². The number of carboxylic acid groups (broad SMARTS) is 1. The number of carboxylic acids is 1. The minimum Gasteiger partial charge on any atom is -0.480 e. The first kappa shape index (κ1) is 24.6. The van der Waals surface area contributed by atoms with Crippen LogP contribution in [0.4, 0.5) is 0 Å². The first-order valence-corrected chi connectivity index (χ1v) is 11.0. The van der Waals surface area contributed by atoms with E-state index in [-0.39, 0.29) is 36.6 Å². The zero-order valence-corrected chi connectivity index (χ0v) is 19.2. The molecule has 0 saturated carbocycles. The Hall–Kier alpha value is -2.67. The van der Waals surface area contributed by atoms with E-state index in [4.69, 9.17) is 5.73 Å². The van der Waals surface area contributed by atoms with E-state index in [1.807, 2.05) is 58.9 Å². The van der Waals surface area contributed by atoms with Gasteiger partial charge in [0.25, 0.3) is 0 Å². The molecular weight excluding hydrogens is 394 g/mol. The number of nitrogens with two attached hydrogens (primary N) is 1. The molecule has 0 aliphatic heterocycles. The average Bonchev–Trinajstić information content (AvgIpc) is 3.05. The Bertz CT molecular complexity index is 932. The van der Waals surface area contributed by atoms with Crippen LogP contribution in [0.25, 0.3) is 10.9 Å². The molecule has 170 valence electrons. The highest BCUT2D eigenvalue weighted by Crippen LogP contribution is 2.27. The number of carbonyl (C=O) groups is 3. The Balaban J connectivity index is 2.42. The fraction of sp³-hybridized carbons (Fsp3) is 0.542. The van der Waals surface area contributed by atoms with Crippen LogP contribution in [0.5, 0.6) is 0 Å². The van der Waals surface area contributed by atoms with Gasteiger partial charge >= 0.3 is 5.97 Å². The number of amides is 1. The highest BCUT2D eigenvalue weighted by Gasteiger charge is 2.29. The van der Waals surface area contributed by atoms with Crippen LogP contribution >= 0.6 is 0 Å². The van der Waals surface area contributed by atoms with Crippen molar-refractivity contribution in [1.29, 1.82) is 0 Å². The standard InChI is InChI=1S/C24H35N3O4/c1-6-26(16(4)5)22(28)13-17(11-15(2)3)23(29)27-14-18(12-20(25)24(30)31)19-9-7-8-10-21(19)27/h7-10,14-17,20H,6,11-13,25H2,1-5H3,(H,30,31)/t17-,20-/m1/s1. The molecule has 0 aliphatic carbocycles. The number of aliphatic carboxylic acids is 1. The minimum absolute atomic E-state index is 0.0268. The second-order valence-corrected chi connectivity index (χ2v) is 8.83. The van der Waals surface area contributed by atoms with Gasteiger partial charge in [0, 0.05) is 42.9 Å². The van der Waals surface area contributed by atoms with Gasteiger partial charge < -0.3 is 15.7 Å². The van der Waals surface area contributed by atoms with Gasteiger partial charge in [-0.1, -0.05) is 32.0 Å². The predicted octanol–water partition coefficient (Wildman–Crippen LogP) is 3.55. The van der Waals surface area contributed by atoms with Crippen molar-refractivity contribution in [3.8, 4) is 0 Å². The molecule has 0 bridgehead atoms. The van der Waals surface area contributed by atoms with Gasteiger partial charge in [-0.25, -0.2) is 0 Å². The summed E-state index contributed by atoms with van der Waals surface area (Å²) in [7, 11) is 0. The Morgan fingerprint density at radius 1 is 1.13 bits per heavy atom. The van der Waals surface area contributed by atoms with Gasteiger partial charge in [-0.3, -0.25) is 19.0 Å². The van der Waals surface area contributed by atoms with Crippen molar-refractivity contribution in [3.05, 3.63) is 36.0 Å². The maximum Gasteiger partial charge on any atom is 0.320 e. The third-order valence-corrected chi connectivity index (χ3v) is 5.60. The summed E-state index contributed by atoms with van der Waals surface area (Å²) in [6.07, 6.45) is 2.56. The van der Waals surface area contributed by atoms with Crippen LogP contribution in [0.15, 0.2) is 30.5 Å². The van der Waals surface area contributed by atoms with Gasteiger partial charge in [0.1, 0.15) is 6.04 Å². The van der Waals surface area contributed by atoms with Crippen molar-refractivity contribution >= 4 is 28.7 Å². The Labute approximate surface area is 184 Å². The topological polar surface area (TPSA) is 106 Å². The van der Waals surface area contributed by atoms with E-state index < -0.39 is 17.9 Å². The SMILES string of the molecule is CCN(C(=O)C[C@@H](CC(C)C)C(=O)n1cc(C[C@@H](N)C(=O)O)c2ccccc21)C(C)C. The van der Waals surface area contributed by atoms with Gasteiger partial charge in [-0.2, -0.15) is 0 Å². The molecule has 7 nitrogen and oxygen atoms in total. The van der Waals surface area contributed by atoms with Crippen LogP contribution in [0.1, 0.15) is 57.8 Å². The molecule has 1 aromatic heterocycles. The normalized spacial score (nSPS) is 13.5. The van der Waals surface area contributed by atoms with Crippen molar-refractivity contribution in [2.24, 2.45) is 17.6 Å². The Morgan fingerprint density at radius 2 is 1.77 bits per heavy atom. The lowest BCUT2D eigenvalue weighted by molar-refractivity contribution is -0.138. The lowest BCUT2D eigenvalue weighted by atomic mass is 9.92. The molecule has 0 aliphatic rings. The molecule has 0 saturated heterocycles. The number of hydrogen-bond donors (Lipinski definition) is 2. The lowest BCUT2D eigenvalue weighted by Crippen LogP contribution is -2.39. The summed E-state index contributed by atoms with van der Waals surface area (Å²) < 4.78 is 1.57. The molecule has 0 radical (unpaired) electrons. The van der Waals surface area contributed by atoms with Crippen LogP contribution in [-0.4, -0.2) is 51.0 Å². The van der Waals surface area contributed by atoms with Crippen LogP contribution < -0.4 is 5.73 Å². The molecule has 3 N–H and O–H groups in total. The van der Waals surface area contributed by atoms with E-state index in [2.05, 4.69) is 0 Å². The Morgan fingerprint density at radius 3 is 2.32 bits per heavy atom. The van der Waals surface area contributed by atoms with Gasteiger partial charge in [0.05, 0.1) is 5.52 Å². The van der Waals surface area contributed by atoms with E-state index in [1.54, 1.807) is 15.7 Å². The first-order valence-electron chi connectivity index (χ1n) is 11.0. The maximum atomic E-state index is 13.6. The Kier molecular flexibility index (Phi) is 8.39. The monoisotopic (exact) mass is 429 g/mol. The van der Waals surface area contributed by atoms with Gasteiger partial charge in [0.2, 0.25) is 11.8 Å². The van der Waals surface area contributed by atoms with Crippen LogP contribution in [-0.2, 0) is 16.0 Å². The van der Waals surface area contributed by atoms with E-state index >= 15 is 0 Å². The van der Waals surface area contributed by atoms with Crippen molar-refractivity contribution in [1.82, 2.24) is 9.47 Å². The number of nitrogens with zero attached hydrogens (tertiary/aromatic N) is 2. The molecule has 2 aromatic rings. The van der Waals surface area contributed by atoms with Crippen molar-refractivity contribution in [2.45, 2.75) is 66.0 Å². The second-order valence-electron chi connectivity index (χ2n) is 8.83. The zero-order valence-electron chi connectivity index (χ0n) is 19.2. The summed E-state index contributed by atoms with van der Waals surface area (Å²) in [5.74, 6) is -1.47. The number of benzene rings is 1. The molecule has 0 spiro atoms. The van der Waals surface area contributed by atoms with E-state index in [0.717, 1.165) is 5.39 Å². The molecule has 1 heterocycles. The van der Waals surface area contributed by atoms with Crippen molar-refractivity contribution < 1.29 is 19.5 Å². The first-order chi connectivity index (χ1) is 14.6. The van der Waals surface area contributed by atoms with Crippen molar-refractivity contribution in [2.75, 3.05) is 6.54 Å². The number of hydrogen-bond acceptors (Lipinski definition) is 4. The lowest BCUT2D eigenvalue weighted by Gasteiger charge is -2.27. The number of fused-ring (bicyclic) bond motifs is 1. The number of carbonyl (C=O) groups excluding carboxylic acids is 2. The molecule has 1 aromatic carbocycles. The number of rotatable bonds is 10. The quantitative estimate of drug-likeness (QED) is 0.601. The van der Waals surface area contributed by atoms with Gasteiger partial charge in [-0.05, 0) is 44.7 Å². The van der Waals surface area contributed by atoms with E-state index in [9.17, 15) is 19.5 Å². The summed E-state index contributed by atoms with van der Waals surface area (Å²) in [6.45, 7) is 10.6. The molecule has 0 fully saturated rings. The molecule has 2 atom stereocenters. The fourth-order valence-electron chi connectivity index (χ4n) is 4.11. The maximum absolute atomic E-state index is 13.6. The van der Waals surface area contributed by atoms with Gasteiger partial charge in [-0.15, -0.1) is 0 Å². The fourth-order valence-corrected chi connectivity index (χ4v) is 4.11. The van der Waals surface area contributed by atoms with E-state index in [0.29, 0.717) is 24.0 Å². The third-order valence-electron chi connectivity index (χ3n) is 5.60. The predicted molar refractivity (Wildman–Crippen MR) is 122 cm³/mol. The molecular formula is C24H35N3O4. The zero-order chi connectivity index (χ0) is 23.3. The molecule has 1 amide bonds. The van der Waals surface area contributed by atoms with Gasteiger partial charge in [0.15, 0.2) is 0 Å². The summed E-state index contributed by atoms with van der Waals surface area (Å²) >= 11 is 0. The summed E-state index contributed by atoms with van der Waals surface area (Å²) in [5, 5.41) is 10.0. The largest absolute Gasteiger partial charge is 0.480 e. The van der Waals surface area contributed by atoms with E-state index in [1.165, 1.54) is 0 Å². The number of para-hydroxylation sites is 1. The molecule has 7 heteroatoms. The highest BCUT2D eigenvalue weighted by atomic mass is 16.4. The van der Waals surface area contributed by atoms with Crippen LogP contribution in [0, 0.1) is 11.8 Å².